The Hall–Kier alpha value is -1.48. The summed E-state index contributed by atoms with van der Waals surface area (Å²) in [5.74, 6) is -0.411. The summed E-state index contributed by atoms with van der Waals surface area (Å²) in [6.45, 7) is 4.84. The van der Waals surface area contributed by atoms with Crippen molar-refractivity contribution in [1.82, 2.24) is 9.21 Å². The number of carbonyl (C=O) groups is 1. The number of rotatable bonds is 5. The van der Waals surface area contributed by atoms with Crippen molar-refractivity contribution >= 4 is 15.9 Å². The highest BCUT2D eigenvalue weighted by atomic mass is 32.2. The number of hydrogen-bond donors (Lipinski definition) is 2. The third-order valence-electron chi connectivity index (χ3n) is 4.21. The van der Waals surface area contributed by atoms with E-state index in [1.54, 1.807) is 26.0 Å². The lowest BCUT2D eigenvalue weighted by atomic mass is 10.1. The predicted molar refractivity (Wildman–Crippen MR) is 86.1 cm³/mol. The maximum Gasteiger partial charge on any atom is 0.243 e. The number of sulfonamides is 1. The average Bonchev–Trinajstić information content (AvgIpc) is 2.54. The summed E-state index contributed by atoms with van der Waals surface area (Å²) in [4.78, 5) is 13.3. The quantitative estimate of drug-likeness (QED) is 0.779. The van der Waals surface area contributed by atoms with Crippen LogP contribution in [0.25, 0.3) is 0 Å². The number of hydrogen-bond acceptors (Lipinski definition) is 5. The fourth-order valence-electron chi connectivity index (χ4n) is 2.60. The van der Waals surface area contributed by atoms with E-state index in [1.807, 2.05) is 4.90 Å². The molecule has 1 aromatic rings. The first-order valence-electron chi connectivity index (χ1n) is 7.55. The molecule has 0 aromatic heterocycles. The summed E-state index contributed by atoms with van der Waals surface area (Å²) in [6, 6.07) is 5.94. The van der Waals surface area contributed by atoms with Gasteiger partial charge < -0.3 is 10.8 Å². The minimum absolute atomic E-state index is 0.173. The molecule has 1 aliphatic rings. The first-order chi connectivity index (χ1) is 10.7. The van der Waals surface area contributed by atoms with Crippen LogP contribution in [0.5, 0.6) is 0 Å². The summed E-state index contributed by atoms with van der Waals surface area (Å²) < 4.78 is 26.8. The molecule has 1 heterocycles. The summed E-state index contributed by atoms with van der Waals surface area (Å²) in [5.41, 5.74) is 5.85. The zero-order valence-corrected chi connectivity index (χ0v) is 14.2. The first-order valence-corrected chi connectivity index (χ1v) is 8.99. The van der Waals surface area contributed by atoms with E-state index in [2.05, 4.69) is 0 Å². The topological polar surface area (TPSA) is 104 Å². The smallest absolute Gasteiger partial charge is 0.243 e. The van der Waals surface area contributed by atoms with Crippen LogP contribution in [0.2, 0.25) is 0 Å². The van der Waals surface area contributed by atoms with Gasteiger partial charge in [-0.05, 0) is 31.5 Å². The Morgan fingerprint density at radius 3 is 2.35 bits per heavy atom. The predicted octanol–water partition coefficient (Wildman–Crippen LogP) is -0.0800. The monoisotopic (exact) mass is 341 g/mol. The van der Waals surface area contributed by atoms with Gasteiger partial charge in [0, 0.05) is 26.2 Å². The van der Waals surface area contributed by atoms with Crippen molar-refractivity contribution < 1.29 is 18.3 Å². The van der Waals surface area contributed by atoms with Gasteiger partial charge in [-0.3, -0.25) is 9.69 Å². The van der Waals surface area contributed by atoms with Crippen molar-refractivity contribution in [1.29, 1.82) is 0 Å². The van der Waals surface area contributed by atoms with Gasteiger partial charge in [-0.1, -0.05) is 12.1 Å². The summed E-state index contributed by atoms with van der Waals surface area (Å²) >= 11 is 0. The molecule has 0 unspecified atom stereocenters. The summed E-state index contributed by atoms with van der Waals surface area (Å²) in [7, 11) is -3.61. The fourth-order valence-corrected chi connectivity index (χ4v) is 4.07. The minimum Gasteiger partial charge on any atom is -0.389 e. The van der Waals surface area contributed by atoms with Gasteiger partial charge in [0.15, 0.2) is 0 Å². The zero-order valence-electron chi connectivity index (χ0n) is 13.3. The van der Waals surface area contributed by atoms with Crippen molar-refractivity contribution in [3.63, 3.8) is 0 Å². The van der Waals surface area contributed by atoms with Gasteiger partial charge in [-0.25, -0.2) is 8.42 Å². The van der Waals surface area contributed by atoms with Gasteiger partial charge in [0.25, 0.3) is 0 Å². The summed E-state index contributed by atoms with van der Waals surface area (Å²) in [5, 5.41) is 9.61. The average molecular weight is 341 g/mol. The molecule has 8 heteroatoms. The Morgan fingerprint density at radius 1 is 1.22 bits per heavy atom. The van der Waals surface area contributed by atoms with Gasteiger partial charge in [-0.15, -0.1) is 0 Å². The zero-order chi connectivity index (χ0) is 17.2. The van der Waals surface area contributed by atoms with Crippen molar-refractivity contribution in [2.45, 2.75) is 30.9 Å². The van der Waals surface area contributed by atoms with Crippen LogP contribution in [0.1, 0.15) is 25.5 Å². The molecule has 2 rings (SSSR count). The molecule has 1 aromatic carbocycles. The molecule has 1 saturated heterocycles. The Kier molecular flexibility index (Phi) is 5.41. The Morgan fingerprint density at radius 2 is 1.83 bits per heavy atom. The molecular formula is C15H23N3O4S. The van der Waals surface area contributed by atoms with Gasteiger partial charge in [0.1, 0.15) is 0 Å². The van der Waals surface area contributed by atoms with E-state index in [0.29, 0.717) is 31.7 Å². The lowest BCUT2D eigenvalue weighted by Crippen LogP contribution is -2.54. The largest absolute Gasteiger partial charge is 0.389 e. The Balaban J connectivity index is 2.13. The molecule has 1 amide bonds. The second kappa shape index (κ2) is 6.96. The summed E-state index contributed by atoms with van der Waals surface area (Å²) in [6.07, 6.45) is -0.724. The van der Waals surface area contributed by atoms with Gasteiger partial charge in [0.2, 0.25) is 15.9 Å². The highest BCUT2D eigenvalue weighted by molar-refractivity contribution is 7.89. The number of aliphatic hydroxyl groups is 1. The maximum atomic E-state index is 12.7. The Bertz CT molecular complexity index is 667. The molecule has 128 valence electrons. The van der Waals surface area contributed by atoms with Crippen LogP contribution in [-0.2, 0) is 14.8 Å². The van der Waals surface area contributed by atoms with E-state index < -0.39 is 28.1 Å². The number of amides is 1. The normalized spacial score (nSPS) is 20.1. The van der Waals surface area contributed by atoms with Crippen LogP contribution in [0.4, 0.5) is 0 Å². The second-order valence-electron chi connectivity index (χ2n) is 5.77. The van der Waals surface area contributed by atoms with Crippen molar-refractivity contribution in [3.8, 4) is 0 Å². The van der Waals surface area contributed by atoms with Crippen LogP contribution >= 0.6 is 0 Å². The lowest BCUT2D eigenvalue weighted by molar-refractivity contribution is -0.123. The third kappa shape index (κ3) is 3.89. The van der Waals surface area contributed by atoms with Crippen LogP contribution in [0.15, 0.2) is 29.2 Å². The molecule has 0 bridgehead atoms. The third-order valence-corrected chi connectivity index (χ3v) is 6.11. The van der Waals surface area contributed by atoms with E-state index >= 15 is 0 Å². The van der Waals surface area contributed by atoms with Gasteiger partial charge >= 0.3 is 0 Å². The molecule has 1 fully saturated rings. The molecule has 2 atom stereocenters. The van der Waals surface area contributed by atoms with E-state index in [9.17, 15) is 18.3 Å². The first kappa shape index (κ1) is 17.9. The van der Waals surface area contributed by atoms with Crippen LogP contribution in [0.3, 0.4) is 0 Å². The standard InChI is InChI=1S/C15H23N3O4S/c1-11(15(16)20)17-6-8-18(9-7-17)23(21,22)14-5-3-4-13(10-14)12(2)19/h3-5,10-12,19H,6-9H2,1-2H3,(H2,16,20)/t11-,12-/m0/s1. The number of benzene rings is 1. The molecule has 0 spiro atoms. The van der Waals surface area contributed by atoms with Crippen LogP contribution in [0, 0.1) is 0 Å². The van der Waals surface area contributed by atoms with Crippen LogP contribution in [-0.4, -0.2) is 60.9 Å². The number of piperazine rings is 1. The van der Waals surface area contributed by atoms with Crippen LogP contribution < -0.4 is 5.73 Å². The highest BCUT2D eigenvalue weighted by Crippen LogP contribution is 2.22. The van der Waals surface area contributed by atoms with Crippen molar-refractivity contribution in [3.05, 3.63) is 29.8 Å². The van der Waals surface area contributed by atoms with E-state index in [-0.39, 0.29) is 4.90 Å². The van der Waals surface area contributed by atoms with Crippen molar-refractivity contribution in [2.75, 3.05) is 26.2 Å². The number of nitrogens with zero attached hydrogens (tertiary/aromatic N) is 2. The molecule has 0 radical (unpaired) electrons. The SMILES string of the molecule is C[C@H](O)c1cccc(S(=O)(=O)N2CCN([C@@H](C)C(N)=O)CC2)c1. The highest BCUT2D eigenvalue weighted by Gasteiger charge is 2.31. The van der Waals surface area contributed by atoms with E-state index in [0.717, 1.165) is 0 Å². The number of primary amides is 1. The molecule has 1 aliphatic heterocycles. The number of carbonyl (C=O) groups excluding carboxylic acids is 1. The molecule has 0 aliphatic carbocycles. The van der Waals surface area contributed by atoms with Crippen molar-refractivity contribution in [2.24, 2.45) is 5.73 Å². The van der Waals surface area contributed by atoms with E-state index in [4.69, 9.17) is 5.73 Å². The number of nitrogens with two attached hydrogens (primary N) is 1. The maximum absolute atomic E-state index is 12.7. The fraction of sp³-hybridized carbons (Fsp3) is 0.533. The second-order valence-corrected chi connectivity index (χ2v) is 7.70. The lowest BCUT2D eigenvalue weighted by Gasteiger charge is -2.36. The van der Waals surface area contributed by atoms with E-state index in [1.165, 1.54) is 16.4 Å². The molecule has 7 nitrogen and oxygen atoms in total. The molecular weight excluding hydrogens is 318 g/mol. The Labute approximate surface area is 136 Å². The number of aliphatic hydroxyl groups excluding tert-OH is 1. The minimum atomic E-state index is -3.61. The van der Waals surface area contributed by atoms with Gasteiger partial charge in [0.05, 0.1) is 17.0 Å². The molecule has 0 saturated carbocycles. The van der Waals surface area contributed by atoms with Gasteiger partial charge in [-0.2, -0.15) is 4.31 Å². The molecule has 23 heavy (non-hydrogen) atoms. The molecule has 3 N–H and O–H groups in total.